The highest BCUT2D eigenvalue weighted by atomic mass is 79.9. The van der Waals surface area contributed by atoms with E-state index in [-0.39, 0.29) is 6.04 Å². The standard InChI is InChI=1S/C13H12Br2ClNOS/c1-17-12(9-6-11(14)19-13(9)15)8-4-3-7(16)5-10(8)18-2/h3-6,12,17H,1-2H3. The van der Waals surface area contributed by atoms with Crippen LogP contribution in [0.1, 0.15) is 17.2 Å². The van der Waals surface area contributed by atoms with Gasteiger partial charge in [0.25, 0.3) is 0 Å². The third-order valence-electron chi connectivity index (χ3n) is 2.79. The quantitative estimate of drug-likeness (QED) is 0.723. The van der Waals surface area contributed by atoms with Gasteiger partial charge in [0.15, 0.2) is 0 Å². The predicted molar refractivity (Wildman–Crippen MR) is 88.6 cm³/mol. The van der Waals surface area contributed by atoms with Gasteiger partial charge >= 0.3 is 0 Å². The molecule has 1 unspecified atom stereocenters. The summed E-state index contributed by atoms with van der Waals surface area (Å²) in [6, 6.07) is 7.84. The summed E-state index contributed by atoms with van der Waals surface area (Å²) < 4.78 is 7.61. The van der Waals surface area contributed by atoms with Gasteiger partial charge in [0, 0.05) is 10.6 Å². The van der Waals surface area contributed by atoms with Crippen LogP contribution in [0.25, 0.3) is 0 Å². The minimum Gasteiger partial charge on any atom is -0.496 e. The van der Waals surface area contributed by atoms with Crippen LogP contribution in [-0.2, 0) is 0 Å². The second-order valence-electron chi connectivity index (χ2n) is 3.89. The molecule has 1 aromatic heterocycles. The van der Waals surface area contributed by atoms with Crippen LogP contribution < -0.4 is 10.1 Å². The SMILES string of the molecule is CNC(c1ccc(Cl)cc1OC)c1cc(Br)sc1Br. The van der Waals surface area contributed by atoms with Gasteiger partial charge in [-0.25, -0.2) is 0 Å². The number of benzene rings is 1. The van der Waals surface area contributed by atoms with Gasteiger partial charge < -0.3 is 10.1 Å². The first-order valence-corrected chi connectivity index (χ1v) is 8.30. The largest absolute Gasteiger partial charge is 0.496 e. The minimum atomic E-state index is 0.0455. The maximum absolute atomic E-state index is 6.01. The first kappa shape index (κ1) is 15.3. The van der Waals surface area contributed by atoms with E-state index in [2.05, 4.69) is 43.2 Å². The van der Waals surface area contributed by atoms with Crippen molar-refractivity contribution in [3.8, 4) is 5.75 Å². The normalized spacial score (nSPS) is 12.5. The number of hydrogen-bond acceptors (Lipinski definition) is 3. The Bertz CT molecular complexity index is 588. The molecule has 19 heavy (non-hydrogen) atoms. The van der Waals surface area contributed by atoms with Crippen molar-refractivity contribution in [2.75, 3.05) is 14.2 Å². The molecule has 1 N–H and O–H groups in total. The zero-order valence-electron chi connectivity index (χ0n) is 10.3. The smallest absolute Gasteiger partial charge is 0.125 e. The van der Waals surface area contributed by atoms with Crippen molar-refractivity contribution in [3.63, 3.8) is 0 Å². The van der Waals surface area contributed by atoms with Gasteiger partial charge in [0.05, 0.1) is 20.7 Å². The lowest BCUT2D eigenvalue weighted by molar-refractivity contribution is 0.405. The van der Waals surface area contributed by atoms with Crippen molar-refractivity contribution in [2.24, 2.45) is 0 Å². The third kappa shape index (κ3) is 3.34. The molecule has 1 atom stereocenters. The van der Waals surface area contributed by atoms with Gasteiger partial charge in [-0.2, -0.15) is 0 Å². The molecule has 0 radical (unpaired) electrons. The van der Waals surface area contributed by atoms with Gasteiger partial charge in [-0.3, -0.25) is 0 Å². The summed E-state index contributed by atoms with van der Waals surface area (Å²) in [6.07, 6.45) is 0. The van der Waals surface area contributed by atoms with E-state index in [9.17, 15) is 0 Å². The lowest BCUT2D eigenvalue weighted by atomic mass is 10.0. The van der Waals surface area contributed by atoms with Gasteiger partial charge in [-0.1, -0.05) is 17.7 Å². The van der Waals surface area contributed by atoms with E-state index in [1.54, 1.807) is 18.4 Å². The van der Waals surface area contributed by atoms with E-state index >= 15 is 0 Å². The first-order chi connectivity index (χ1) is 9.06. The lowest BCUT2D eigenvalue weighted by Gasteiger charge is -2.19. The number of thiophene rings is 1. The van der Waals surface area contributed by atoms with Crippen molar-refractivity contribution >= 4 is 54.8 Å². The second kappa shape index (κ2) is 6.59. The Kier molecular flexibility index (Phi) is 5.31. The molecular weight excluding hydrogens is 413 g/mol. The van der Waals surface area contributed by atoms with Crippen LogP contribution in [-0.4, -0.2) is 14.2 Å². The summed E-state index contributed by atoms with van der Waals surface area (Å²) in [5.74, 6) is 0.779. The molecule has 0 saturated carbocycles. The topological polar surface area (TPSA) is 21.3 Å². The van der Waals surface area contributed by atoms with Crippen LogP contribution >= 0.6 is 54.8 Å². The fraction of sp³-hybridized carbons (Fsp3) is 0.231. The van der Waals surface area contributed by atoms with Crippen molar-refractivity contribution in [3.05, 3.63) is 48.0 Å². The van der Waals surface area contributed by atoms with Crippen molar-refractivity contribution < 1.29 is 4.74 Å². The molecule has 0 bridgehead atoms. The second-order valence-corrected chi connectivity index (χ2v) is 8.07. The average molecular weight is 426 g/mol. The number of hydrogen-bond donors (Lipinski definition) is 1. The van der Waals surface area contributed by atoms with Crippen molar-refractivity contribution in [1.82, 2.24) is 5.32 Å². The Hall–Kier alpha value is -0.0700. The average Bonchev–Trinajstić information content (AvgIpc) is 2.71. The van der Waals surface area contributed by atoms with E-state index in [0.717, 1.165) is 18.9 Å². The van der Waals surface area contributed by atoms with E-state index in [0.29, 0.717) is 5.02 Å². The Morgan fingerprint density at radius 2 is 2.00 bits per heavy atom. The summed E-state index contributed by atoms with van der Waals surface area (Å²) in [5, 5.41) is 3.98. The highest BCUT2D eigenvalue weighted by Crippen LogP contribution is 2.40. The van der Waals surface area contributed by atoms with Gasteiger partial charge in [0.2, 0.25) is 0 Å². The summed E-state index contributed by atoms with van der Waals surface area (Å²) in [6.45, 7) is 0. The monoisotopic (exact) mass is 423 g/mol. The molecular formula is C13H12Br2ClNOS. The molecule has 2 aromatic rings. The zero-order valence-corrected chi connectivity index (χ0v) is 15.1. The van der Waals surface area contributed by atoms with Crippen LogP contribution in [0.3, 0.4) is 0 Å². The summed E-state index contributed by atoms with van der Waals surface area (Å²) in [7, 11) is 3.58. The first-order valence-electron chi connectivity index (χ1n) is 5.52. The molecule has 0 saturated heterocycles. The fourth-order valence-corrected chi connectivity index (χ4v) is 5.02. The molecule has 1 aromatic carbocycles. The maximum Gasteiger partial charge on any atom is 0.125 e. The minimum absolute atomic E-state index is 0.0455. The van der Waals surface area contributed by atoms with Crippen LogP contribution in [0.4, 0.5) is 0 Å². The Morgan fingerprint density at radius 1 is 1.26 bits per heavy atom. The third-order valence-corrected chi connectivity index (χ3v) is 5.41. The summed E-state index contributed by atoms with van der Waals surface area (Å²) in [4.78, 5) is 0. The van der Waals surface area contributed by atoms with Crippen LogP contribution in [0.2, 0.25) is 5.02 Å². The van der Waals surface area contributed by atoms with E-state index in [1.165, 1.54) is 5.56 Å². The number of nitrogens with one attached hydrogen (secondary N) is 1. The van der Waals surface area contributed by atoms with Crippen molar-refractivity contribution in [2.45, 2.75) is 6.04 Å². The van der Waals surface area contributed by atoms with Gasteiger partial charge in [0.1, 0.15) is 5.75 Å². The Labute approximate surface area is 138 Å². The van der Waals surface area contributed by atoms with Crippen LogP contribution in [0, 0.1) is 0 Å². The maximum atomic E-state index is 6.01. The number of methoxy groups -OCH3 is 1. The molecule has 2 nitrogen and oxygen atoms in total. The Morgan fingerprint density at radius 3 is 2.53 bits per heavy atom. The molecule has 0 aliphatic carbocycles. The molecule has 102 valence electrons. The fourth-order valence-electron chi connectivity index (χ4n) is 1.95. The molecule has 0 aliphatic rings. The predicted octanol–water partition coefficient (Wildman–Crippen LogP) is 5.24. The lowest BCUT2D eigenvalue weighted by Crippen LogP contribution is -2.18. The molecule has 0 amide bonds. The number of rotatable bonds is 4. The van der Waals surface area contributed by atoms with E-state index in [1.807, 2.05) is 25.2 Å². The van der Waals surface area contributed by atoms with E-state index in [4.69, 9.17) is 16.3 Å². The highest BCUT2D eigenvalue weighted by molar-refractivity contribution is 9.12. The molecule has 0 spiro atoms. The van der Waals surface area contributed by atoms with Crippen LogP contribution in [0.15, 0.2) is 31.8 Å². The molecule has 2 rings (SSSR count). The zero-order chi connectivity index (χ0) is 14.0. The van der Waals surface area contributed by atoms with E-state index < -0.39 is 0 Å². The number of ether oxygens (including phenoxy) is 1. The van der Waals surface area contributed by atoms with Crippen LogP contribution in [0.5, 0.6) is 5.75 Å². The molecule has 0 fully saturated rings. The highest BCUT2D eigenvalue weighted by Gasteiger charge is 2.21. The Balaban J connectivity index is 2.50. The molecule has 6 heteroatoms. The van der Waals surface area contributed by atoms with Gasteiger partial charge in [-0.05, 0) is 62.7 Å². The molecule has 0 aliphatic heterocycles. The van der Waals surface area contributed by atoms with Crippen molar-refractivity contribution in [1.29, 1.82) is 0 Å². The number of halogens is 3. The molecule has 1 heterocycles. The summed E-state index contributed by atoms with van der Waals surface area (Å²) in [5.41, 5.74) is 2.22. The van der Waals surface area contributed by atoms with Gasteiger partial charge in [-0.15, -0.1) is 11.3 Å². The summed E-state index contributed by atoms with van der Waals surface area (Å²) >= 11 is 14.8.